The third-order valence-corrected chi connectivity index (χ3v) is 5.40. The van der Waals surface area contributed by atoms with Crippen LogP contribution in [0, 0.1) is 17.2 Å². The van der Waals surface area contributed by atoms with E-state index in [1.165, 1.54) is 4.88 Å². The summed E-state index contributed by atoms with van der Waals surface area (Å²) in [5, 5.41) is 20.0. The molecule has 0 unspecified atom stereocenters. The minimum atomic E-state index is -0.374. The zero-order valence-corrected chi connectivity index (χ0v) is 15.1. The smallest absolute Gasteiger partial charge is 0.277 e. The van der Waals surface area contributed by atoms with E-state index in [2.05, 4.69) is 28.7 Å². The minimum absolute atomic E-state index is 0.175. The fraction of sp³-hybridized carbons (Fsp3) is 0.375. The van der Waals surface area contributed by atoms with E-state index in [4.69, 9.17) is 12.2 Å². The van der Waals surface area contributed by atoms with Gasteiger partial charge in [0.05, 0.1) is 5.56 Å². The van der Waals surface area contributed by atoms with E-state index in [9.17, 15) is 10.1 Å². The molecular weight excluding hydrogens is 342 g/mol. The van der Waals surface area contributed by atoms with Crippen molar-refractivity contribution in [1.82, 2.24) is 15.1 Å². The molecule has 2 heterocycles. The molecule has 0 spiro atoms. The number of thiophene rings is 1. The van der Waals surface area contributed by atoms with Crippen LogP contribution in [0.15, 0.2) is 12.3 Å². The van der Waals surface area contributed by atoms with Crippen LogP contribution in [0.3, 0.4) is 0 Å². The number of nitriles is 1. The first-order valence-electron chi connectivity index (χ1n) is 7.64. The first-order chi connectivity index (χ1) is 11.5. The normalized spacial score (nSPS) is 16.1. The van der Waals surface area contributed by atoms with E-state index in [1.807, 2.05) is 0 Å². The third-order valence-electron chi connectivity index (χ3n) is 4.02. The number of rotatable bonds is 2. The number of thiocarbonyl (C=S) groups is 1. The van der Waals surface area contributed by atoms with Crippen LogP contribution < -0.4 is 10.6 Å². The Labute approximate surface area is 149 Å². The van der Waals surface area contributed by atoms with Crippen LogP contribution in [-0.4, -0.2) is 20.8 Å². The quantitative estimate of drug-likeness (QED) is 0.806. The van der Waals surface area contributed by atoms with Gasteiger partial charge in [0.25, 0.3) is 5.91 Å². The van der Waals surface area contributed by atoms with Gasteiger partial charge in [-0.1, -0.05) is 6.92 Å². The van der Waals surface area contributed by atoms with E-state index in [1.54, 1.807) is 35.3 Å². The molecule has 0 saturated heterocycles. The van der Waals surface area contributed by atoms with Crippen LogP contribution >= 0.6 is 23.6 Å². The molecule has 6 nitrogen and oxygen atoms in total. The van der Waals surface area contributed by atoms with E-state index in [0.717, 1.165) is 24.8 Å². The van der Waals surface area contributed by atoms with Crippen molar-refractivity contribution < 1.29 is 4.79 Å². The molecule has 0 saturated carbocycles. The van der Waals surface area contributed by atoms with Crippen molar-refractivity contribution in [3.05, 3.63) is 34.0 Å². The summed E-state index contributed by atoms with van der Waals surface area (Å²) in [4.78, 5) is 13.3. The Morgan fingerprint density at radius 2 is 2.38 bits per heavy atom. The maximum absolute atomic E-state index is 12.1. The van der Waals surface area contributed by atoms with Gasteiger partial charge in [0.15, 0.2) is 10.8 Å². The minimum Gasteiger partial charge on any atom is -0.323 e. The second kappa shape index (κ2) is 6.71. The van der Waals surface area contributed by atoms with E-state index in [0.29, 0.717) is 22.2 Å². The van der Waals surface area contributed by atoms with Crippen LogP contribution in [0.2, 0.25) is 0 Å². The fourth-order valence-corrected chi connectivity index (χ4v) is 4.42. The van der Waals surface area contributed by atoms with Crippen LogP contribution in [0.25, 0.3) is 0 Å². The van der Waals surface area contributed by atoms with Crippen LogP contribution in [-0.2, 0) is 19.9 Å². The molecule has 8 heteroatoms. The maximum atomic E-state index is 12.1. The molecule has 2 aromatic rings. The standard InChI is InChI=1S/C16H17N5OS2/c1-9-3-4-10-11(8-17)15(24-13(10)7-9)19-16(23)18-14(22)12-5-6-21(2)20-12/h5-6,9H,3-4,7H2,1-2H3,(H2,18,19,22,23)/t9-/m1/s1. The second-order valence-electron chi connectivity index (χ2n) is 5.95. The maximum Gasteiger partial charge on any atom is 0.277 e. The molecule has 1 aliphatic rings. The van der Waals surface area contributed by atoms with Crippen molar-refractivity contribution in [2.75, 3.05) is 5.32 Å². The largest absolute Gasteiger partial charge is 0.323 e. The molecule has 124 valence electrons. The van der Waals surface area contributed by atoms with Gasteiger partial charge < -0.3 is 5.32 Å². The predicted molar refractivity (Wildman–Crippen MR) is 97.1 cm³/mol. The van der Waals surface area contributed by atoms with Gasteiger partial charge in [-0.2, -0.15) is 10.4 Å². The highest BCUT2D eigenvalue weighted by Crippen LogP contribution is 2.39. The summed E-state index contributed by atoms with van der Waals surface area (Å²) in [5.41, 5.74) is 2.07. The number of nitrogens with zero attached hydrogens (tertiary/aromatic N) is 3. The van der Waals surface area contributed by atoms with Crippen molar-refractivity contribution in [3.8, 4) is 6.07 Å². The van der Waals surface area contributed by atoms with Crippen LogP contribution in [0.5, 0.6) is 0 Å². The number of fused-ring (bicyclic) bond motifs is 1. The molecule has 2 N–H and O–H groups in total. The zero-order chi connectivity index (χ0) is 17.3. The van der Waals surface area contributed by atoms with Crippen molar-refractivity contribution >= 4 is 39.6 Å². The van der Waals surface area contributed by atoms with Crippen molar-refractivity contribution in [2.24, 2.45) is 13.0 Å². The average molecular weight is 359 g/mol. The molecule has 24 heavy (non-hydrogen) atoms. The lowest BCUT2D eigenvalue weighted by atomic mass is 9.89. The number of carbonyl (C=O) groups excluding carboxylic acids is 1. The van der Waals surface area contributed by atoms with E-state index in [-0.39, 0.29) is 11.0 Å². The number of hydrogen-bond acceptors (Lipinski definition) is 5. The highest BCUT2D eigenvalue weighted by molar-refractivity contribution is 7.80. The van der Waals surface area contributed by atoms with Gasteiger partial charge in [-0.3, -0.25) is 14.8 Å². The molecule has 0 aromatic carbocycles. The molecular formula is C16H17N5OS2. The molecule has 0 radical (unpaired) electrons. The predicted octanol–water partition coefficient (Wildman–Crippen LogP) is 2.60. The van der Waals surface area contributed by atoms with Gasteiger partial charge in [0.1, 0.15) is 11.1 Å². The Morgan fingerprint density at radius 3 is 3.04 bits per heavy atom. The molecule has 2 aromatic heterocycles. The van der Waals surface area contributed by atoms with Gasteiger partial charge in [-0.05, 0) is 49.0 Å². The van der Waals surface area contributed by atoms with Crippen molar-refractivity contribution in [1.29, 1.82) is 5.26 Å². The van der Waals surface area contributed by atoms with Crippen molar-refractivity contribution in [3.63, 3.8) is 0 Å². The Bertz CT molecular complexity index is 845. The van der Waals surface area contributed by atoms with Gasteiger partial charge >= 0.3 is 0 Å². The SMILES string of the molecule is C[C@@H]1CCc2c(sc(NC(=S)NC(=O)c3ccn(C)n3)c2C#N)C1. The fourth-order valence-electron chi connectivity index (χ4n) is 2.79. The lowest BCUT2D eigenvalue weighted by molar-refractivity contribution is 0.0972. The molecule has 0 aliphatic heterocycles. The monoisotopic (exact) mass is 359 g/mol. The number of anilines is 1. The molecule has 1 aliphatic carbocycles. The number of carbonyl (C=O) groups is 1. The molecule has 0 bridgehead atoms. The first kappa shape index (κ1) is 16.6. The zero-order valence-electron chi connectivity index (χ0n) is 13.4. The van der Waals surface area contributed by atoms with E-state index >= 15 is 0 Å². The third kappa shape index (κ3) is 3.32. The molecule has 1 atom stereocenters. The van der Waals surface area contributed by atoms with Gasteiger partial charge in [-0.15, -0.1) is 11.3 Å². The Hall–Kier alpha value is -2.24. The van der Waals surface area contributed by atoms with E-state index < -0.39 is 0 Å². The number of hydrogen-bond donors (Lipinski definition) is 2. The Kier molecular flexibility index (Phi) is 4.64. The Morgan fingerprint density at radius 1 is 1.58 bits per heavy atom. The summed E-state index contributed by atoms with van der Waals surface area (Å²) in [7, 11) is 1.74. The summed E-state index contributed by atoms with van der Waals surface area (Å²) >= 11 is 6.76. The number of amides is 1. The second-order valence-corrected chi connectivity index (χ2v) is 7.46. The number of aromatic nitrogens is 2. The average Bonchev–Trinajstić information content (AvgIpc) is 3.09. The van der Waals surface area contributed by atoms with Gasteiger partial charge in [0, 0.05) is 18.1 Å². The summed E-state index contributed by atoms with van der Waals surface area (Å²) in [6, 6.07) is 3.89. The molecule has 1 amide bonds. The number of aryl methyl sites for hydroxylation is 1. The van der Waals surface area contributed by atoms with Crippen LogP contribution in [0.4, 0.5) is 5.00 Å². The highest BCUT2D eigenvalue weighted by atomic mass is 32.1. The number of nitrogens with one attached hydrogen (secondary N) is 2. The molecule has 3 rings (SSSR count). The summed E-state index contributed by atoms with van der Waals surface area (Å²) < 4.78 is 1.55. The highest BCUT2D eigenvalue weighted by Gasteiger charge is 2.24. The lowest BCUT2D eigenvalue weighted by Gasteiger charge is -2.17. The van der Waals surface area contributed by atoms with Crippen molar-refractivity contribution in [2.45, 2.75) is 26.2 Å². The summed E-state index contributed by atoms with van der Waals surface area (Å²) in [6.07, 6.45) is 4.69. The molecule has 0 fully saturated rings. The Balaban J connectivity index is 1.73. The summed E-state index contributed by atoms with van der Waals surface area (Å²) in [6.45, 7) is 2.22. The van der Waals surface area contributed by atoms with Gasteiger partial charge in [0.2, 0.25) is 0 Å². The summed E-state index contributed by atoms with van der Waals surface area (Å²) in [5.74, 6) is 0.257. The van der Waals surface area contributed by atoms with Gasteiger partial charge in [-0.25, -0.2) is 0 Å². The lowest BCUT2D eigenvalue weighted by Crippen LogP contribution is -2.34. The topological polar surface area (TPSA) is 82.7 Å². The van der Waals surface area contributed by atoms with Crippen LogP contribution in [0.1, 0.15) is 39.8 Å². The first-order valence-corrected chi connectivity index (χ1v) is 8.87.